The molecule has 4 rings (SSSR count). The molecule has 0 atom stereocenters. The normalized spacial score (nSPS) is 16.5. The molecule has 2 fully saturated rings. The van der Waals surface area contributed by atoms with Crippen LogP contribution in [0.2, 0.25) is 0 Å². The Kier molecular flexibility index (Phi) is 12.9. The first-order valence-electron chi connectivity index (χ1n) is 13.2. The molecule has 0 bridgehead atoms. The van der Waals surface area contributed by atoms with Crippen LogP contribution >= 0.6 is 0 Å². The molecule has 1 aromatic carbocycles. The van der Waals surface area contributed by atoms with Crippen LogP contribution in [0.3, 0.4) is 0 Å². The number of nitrogens with one attached hydrogen (secondary N) is 1. The lowest BCUT2D eigenvalue weighted by molar-refractivity contribution is -0.193. The number of carboxylic acid groups (broad SMARTS) is 2. The SMILES string of the molecule is N=C(N)c1cccc(N2CCCCN(C3CCN(Cc4cccnc4)CC3)C2=O)c1.O=C(O)C(F)(F)F.O=C(O)C(F)(F)F. The third kappa shape index (κ3) is 11.3. The molecule has 2 aliphatic heterocycles. The maximum atomic E-state index is 13.4. The third-order valence-electron chi connectivity index (χ3n) is 6.59. The fraction of sp³-hybridized carbons (Fsp3) is 0.444. The van der Waals surface area contributed by atoms with Crippen LogP contribution in [0.25, 0.3) is 0 Å². The minimum atomic E-state index is -5.08. The highest BCUT2D eigenvalue weighted by molar-refractivity contribution is 5.98. The van der Waals surface area contributed by atoms with E-state index in [-0.39, 0.29) is 17.9 Å². The number of hydrogen-bond donors (Lipinski definition) is 4. The van der Waals surface area contributed by atoms with E-state index in [0.717, 1.165) is 57.5 Å². The molecule has 1 aromatic heterocycles. The van der Waals surface area contributed by atoms with Crippen molar-refractivity contribution in [3.63, 3.8) is 0 Å². The van der Waals surface area contributed by atoms with Crippen molar-refractivity contribution < 1.29 is 50.9 Å². The molecule has 5 N–H and O–H groups in total. The molecule has 2 saturated heterocycles. The number of carbonyl (C=O) groups is 3. The van der Waals surface area contributed by atoms with E-state index in [0.29, 0.717) is 12.1 Å². The standard InChI is InChI=1S/C23H30N6O.2C2HF3O2/c24-22(25)19-6-3-7-21(15-19)29-12-2-1-11-28(23(29)30)20-8-13-27(14-9-20)17-18-5-4-10-26-16-18;2*3-2(4,5)1(6)7/h3-7,10,15-16,20H,1-2,8-9,11-14,17H2,(H3,24,25);2*(H,6,7). The summed E-state index contributed by atoms with van der Waals surface area (Å²) in [5.41, 5.74) is 8.37. The maximum Gasteiger partial charge on any atom is 0.490 e. The second-order valence-corrected chi connectivity index (χ2v) is 9.77. The number of hydrogen-bond acceptors (Lipinski definition) is 6. The number of halogens is 6. The van der Waals surface area contributed by atoms with Gasteiger partial charge >= 0.3 is 30.3 Å². The van der Waals surface area contributed by atoms with Crippen molar-refractivity contribution in [3.05, 3.63) is 59.9 Å². The number of pyridine rings is 1. The predicted molar refractivity (Wildman–Crippen MR) is 146 cm³/mol. The molecule has 0 spiro atoms. The van der Waals surface area contributed by atoms with Crippen LogP contribution in [0, 0.1) is 5.41 Å². The van der Waals surface area contributed by atoms with E-state index in [2.05, 4.69) is 20.9 Å². The van der Waals surface area contributed by atoms with Gasteiger partial charge in [-0.1, -0.05) is 18.2 Å². The number of aliphatic carboxylic acids is 2. The molecule has 3 heterocycles. The zero-order valence-corrected chi connectivity index (χ0v) is 23.3. The second kappa shape index (κ2) is 15.9. The number of amides is 2. The van der Waals surface area contributed by atoms with Crippen molar-refractivity contribution in [3.8, 4) is 0 Å². The van der Waals surface area contributed by atoms with Gasteiger partial charge < -0.3 is 20.8 Å². The number of nitrogen functional groups attached to an aromatic ring is 1. The van der Waals surface area contributed by atoms with Crippen molar-refractivity contribution in [1.29, 1.82) is 5.41 Å². The zero-order chi connectivity index (χ0) is 33.1. The number of nitrogens with two attached hydrogens (primary N) is 1. The smallest absolute Gasteiger partial charge is 0.475 e. The molecule has 2 aliphatic rings. The van der Waals surface area contributed by atoms with E-state index in [9.17, 15) is 31.1 Å². The highest BCUT2D eigenvalue weighted by atomic mass is 19.4. The molecule has 44 heavy (non-hydrogen) atoms. The van der Waals surface area contributed by atoms with Crippen LogP contribution in [0.15, 0.2) is 48.8 Å². The van der Waals surface area contributed by atoms with Crippen molar-refractivity contribution in [2.24, 2.45) is 5.73 Å². The Bertz CT molecular complexity index is 1250. The van der Waals surface area contributed by atoms with Gasteiger partial charge in [0.15, 0.2) is 0 Å². The number of nitrogens with zero attached hydrogens (tertiary/aromatic N) is 4. The van der Waals surface area contributed by atoms with E-state index in [1.165, 1.54) is 5.56 Å². The van der Waals surface area contributed by atoms with E-state index < -0.39 is 24.3 Å². The number of urea groups is 1. The number of carboxylic acids is 2. The Morgan fingerprint density at radius 1 is 0.932 bits per heavy atom. The summed E-state index contributed by atoms with van der Waals surface area (Å²) >= 11 is 0. The first-order chi connectivity index (χ1) is 20.5. The van der Waals surface area contributed by atoms with E-state index in [1.54, 1.807) is 6.20 Å². The van der Waals surface area contributed by atoms with E-state index in [1.807, 2.05) is 41.4 Å². The Balaban J connectivity index is 0.000000402. The summed E-state index contributed by atoms with van der Waals surface area (Å²) in [4.78, 5) is 41.8. The minimum absolute atomic E-state index is 0.0250. The Morgan fingerprint density at radius 3 is 2.00 bits per heavy atom. The monoisotopic (exact) mass is 634 g/mol. The number of piperidine rings is 1. The molecule has 242 valence electrons. The number of aromatic nitrogens is 1. The molecule has 17 heteroatoms. The molecular weight excluding hydrogens is 602 g/mol. The van der Waals surface area contributed by atoms with Gasteiger partial charge in [-0.15, -0.1) is 0 Å². The minimum Gasteiger partial charge on any atom is -0.475 e. The summed E-state index contributed by atoms with van der Waals surface area (Å²) in [6, 6.07) is 11.9. The highest BCUT2D eigenvalue weighted by Gasteiger charge is 2.39. The summed E-state index contributed by atoms with van der Waals surface area (Å²) in [5, 5.41) is 21.9. The number of amidine groups is 1. The quantitative estimate of drug-likeness (QED) is 0.215. The van der Waals surface area contributed by atoms with E-state index in [4.69, 9.17) is 30.9 Å². The molecule has 2 amide bonds. The van der Waals surface area contributed by atoms with Crippen molar-refractivity contribution in [2.75, 3.05) is 31.1 Å². The Hall–Kier alpha value is -4.41. The van der Waals surface area contributed by atoms with Gasteiger partial charge in [-0.3, -0.25) is 20.2 Å². The Morgan fingerprint density at radius 2 is 1.50 bits per heavy atom. The van der Waals surface area contributed by atoms with Gasteiger partial charge in [-0.25, -0.2) is 14.4 Å². The number of likely N-dealkylation sites (tertiary alicyclic amines) is 1. The van der Waals surface area contributed by atoms with Gasteiger partial charge in [-0.2, -0.15) is 26.3 Å². The molecular formula is C27H32F6N6O5. The number of rotatable bonds is 5. The van der Waals surface area contributed by atoms with Gasteiger partial charge in [0.25, 0.3) is 0 Å². The fourth-order valence-electron chi connectivity index (χ4n) is 4.46. The lowest BCUT2D eigenvalue weighted by atomic mass is 10.0. The lowest BCUT2D eigenvalue weighted by Crippen LogP contribution is -2.51. The summed E-state index contributed by atoms with van der Waals surface area (Å²) in [7, 11) is 0. The van der Waals surface area contributed by atoms with Crippen molar-refractivity contribution in [1.82, 2.24) is 14.8 Å². The molecule has 2 aromatic rings. The van der Waals surface area contributed by atoms with Gasteiger partial charge in [-0.05, 0) is 49.4 Å². The maximum absolute atomic E-state index is 13.4. The van der Waals surface area contributed by atoms with Crippen LogP contribution in [0.4, 0.5) is 36.8 Å². The molecule has 0 radical (unpaired) electrons. The van der Waals surface area contributed by atoms with Gasteiger partial charge in [0.2, 0.25) is 0 Å². The van der Waals surface area contributed by atoms with Crippen molar-refractivity contribution in [2.45, 2.75) is 50.6 Å². The zero-order valence-electron chi connectivity index (χ0n) is 23.3. The van der Waals surface area contributed by atoms with Gasteiger partial charge in [0.05, 0.1) is 0 Å². The van der Waals surface area contributed by atoms with Gasteiger partial charge in [0, 0.05) is 62.4 Å². The van der Waals surface area contributed by atoms with Crippen LogP contribution in [0.1, 0.15) is 36.8 Å². The molecule has 0 unspecified atom stereocenters. The summed E-state index contributed by atoms with van der Waals surface area (Å²) < 4.78 is 63.5. The first-order valence-corrected chi connectivity index (χ1v) is 13.2. The molecule has 0 saturated carbocycles. The third-order valence-corrected chi connectivity index (χ3v) is 6.59. The first kappa shape index (κ1) is 35.8. The highest BCUT2D eigenvalue weighted by Crippen LogP contribution is 2.26. The summed E-state index contributed by atoms with van der Waals surface area (Å²) in [6.45, 7) is 4.41. The molecule has 11 nitrogen and oxygen atoms in total. The summed E-state index contributed by atoms with van der Waals surface area (Å²) in [6.07, 6.45) is -2.45. The van der Waals surface area contributed by atoms with Crippen molar-refractivity contribution >= 4 is 29.5 Å². The largest absolute Gasteiger partial charge is 0.490 e. The van der Waals surface area contributed by atoms with Crippen LogP contribution in [-0.2, 0) is 16.1 Å². The van der Waals surface area contributed by atoms with Crippen LogP contribution < -0.4 is 10.6 Å². The number of anilines is 1. The average molecular weight is 635 g/mol. The number of benzene rings is 1. The second-order valence-electron chi connectivity index (χ2n) is 9.77. The Labute approximate surface area is 248 Å². The van der Waals surface area contributed by atoms with Gasteiger partial charge in [0.1, 0.15) is 5.84 Å². The predicted octanol–water partition coefficient (Wildman–Crippen LogP) is 4.32. The topological polar surface area (TPSA) is 164 Å². The lowest BCUT2D eigenvalue weighted by Gasteiger charge is -2.39. The van der Waals surface area contributed by atoms with Crippen LogP contribution in [0.5, 0.6) is 0 Å². The molecule has 0 aliphatic carbocycles. The number of carbonyl (C=O) groups excluding carboxylic acids is 1. The summed E-state index contributed by atoms with van der Waals surface area (Å²) in [5.74, 6) is -5.49. The number of alkyl halides is 6. The fourth-order valence-corrected chi connectivity index (χ4v) is 4.46. The average Bonchev–Trinajstić information content (AvgIpc) is 3.15. The van der Waals surface area contributed by atoms with Crippen LogP contribution in [-0.4, -0.2) is 93.4 Å². The van der Waals surface area contributed by atoms with E-state index >= 15 is 0 Å².